The minimum Gasteiger partial charge on any atom is -0.477 e. The molecule has 32 heavy (non-hydrogen) atoms. The summed E-state index contributed by atoms with van der Waals surface area (Å²) in [6, 6.07) is 2.55. The average molecular weight is 478 g/mol. The van der Waals surface area contributed by atoms with Gasteiger partial charge in [0.1, 0.15) is 23.2 Å². The molecule has 2 aliphatic heterocycles. The third-order valence-corrected chi connectivity index (χ3v) is 7.79. The van der Waals surface area contributed by atoms with Gasteiger partial charge in [0.15, 0.2) is 0 Å². The highest BCUT2D eigenvalue weighted by molar-refractivity contribution is 8.01. The second-order valence-corrected chi connectivity index (χ2v) is 9.51. The first-order chi connectivity index (χ1) is 15.4. The van der Waals surface area contributed by atoms with Gasteiger partial charge in [0.2, 0.25) is 11.1 Å². The molecule has 3 unspecified atom stereocenters. The molecule has 2 amide bonds. The van der Waals surface area contributed by atoms with Crippen LogP contribution in [0.25, 0.3) is 0 Å². The number of nitrogens with one attached hydrogen (secondary N) is 1. The van der Waals surface area contributed by atoms with Gasteiger partial charge in [-0.25, -0.2) is 9.48 Å². The van der Waals surface area contributed by atoms with E-state index in [0.717, 1.165) is 6.42 Å². The molecule has 2 aromatic rings. The number of nitrogens with zero attached hydrogens (tertiary/aromatic N) is 6. The predicted molar refractivity (Wildman–Crippen MR) is 118 cm³/mol. The van der Waals surface area contributed by atoms with Crippen molar-refractivity contribution in [2.24, 2.45) is 7.05 Å². The fourth-order valence-electron chi connectivity index (χ4n) is 3.78. The molecule has 170 valence electrons. The maximum atomic E-state index is 12.9. The molecular formula is C19H23N7O4S2. The highest BCUT2D eigenvalue weighted by Gasteiger charge is 2.54. The minimum absolute atomic E-state index is 0.0117. The summed E-state index contributed by atoms with van der Waals surface area (Å²) in [7, 11) is 1.70. The molecule has 1 fully saturated rings. The number of tetrazole rings is 1. The lowest BCUT2D eigenvalue weighted by atomic mass is 10.0. The maximum Gasteiger partial charge on any atom is 0.352 e. The van der Waals surface area contributed by atoms with Crippen molar-refractivity contribution >= 4 is 41.3 Å². The lowest BCUT2D eigenvalue weighted by molar-refractivity contribution is -0.151. The smallest absolute Gasteiger partial charge is 0.352 e. The molecule has 0 spiro atoms. The van der Waals surface area contributed by atoms with Crippen molar-refractivity contribution in [3.05, 3.63) is 35.8 Å². The maximum absolute atomic E-state index is 12.9. The summed E-state index contributed by atoms with van der Waals surface area (Å²) in [5.74, 6) is -1.01. The van der Waals surface area contributed by atoms with Gasteiger partial charge in [-0.05, 0) is 34.6 Å². The largest absolute Gasteiger partial charge is 0.477 e. The Bertz CT molecular complexity index is 1050. The Kier molecular flexibility index (Phi) is 6.55. The van der Waals surface area contributed by atoms with E-state index in [4.69, 9.17) is 0 Å². The molecular weight excluding hydrogens is 454 g/mol. The van der Waals surface area contributed by atoms with Gasteiger partial charge in [-0.15, -0.1) is 16.9 Å². The number of carboxylic acid groups (broad SMARTS) is 1. The van der Waals surface area contributed by atoms with Crippen LogP contribution in [0.5, 0.6) is 0 Å². The number of aromatic nitrogens is 5. The van der Waals surface area contributed by atoms with Gasteiger partial charge < -0.3 is 15.0 Å². The molecule has 1 saturated heterocycles. The van der Waals surface area contributed by atoms with Crippen molar-refractivity contribution in [3.63, 3.8) is 0 Å². The average Bonchev–Trinajstić information content (AvgIpc) is 3.45. The van der Waals surface area contributed by atoms with E-state index in [9.17, 15) is 19.5 Å². The number of carboxylic acids is 1. The number of aryl methyl sites for hydroxylation is 1. The number of β-lactam (4-membered cyclic amide) rings is 1. The quantitative estimate of drug-likeness (QED) is 0.398. The molecule has 0 saturated carbocycles. The number of carbonyl (C=O) groups is 3. The first-order valence-corrected chi connectivity index (χ1v) is 12.1. The molecule has 4 rings (SSSR count). The molecule has 2 N–H and O–H groups in total. The van der Waals surface area contributed by atoms with Crippen LogP contribution in [0.4, 0.5) is 0 Å². The number of thioether (sulfide) groups is 2. The summed E-state index contributed by atoms with van der Waals surface area (Å²) in [5, 5.41) is 24.0. The van der Waals surface area contributed by atoms with Crippen molar-refractivity contribution in [1.29, 1.82) is 0 Å². The summed E-state index contributed by atoms with van der Waals surface area (Å²) in [6.45, 7) is 2.00. The van der Waals surface area contributed by atoms with Gasteiger partial charge >= 0.3 is 5.97 Å². The normalized spacial score (nSPS) is 21.2. The summed E-state index contributed by atoms with van der Waals surface area (Å²) >= 11 is 2.76. The molecule has 13 heteroatoms. The first-order valence-electron chi connectivity index (χ1n) is 10.1. The van der Waals surface area contributed by atoms with Gasteiger partial charge in [-0.2, -0.15) is 0 Å². The zero-order valence-electron chi connectivity index (χ0n) is 17.5. The minimum atomic E-state index is -1.16. The number of aliphatic carboxylic acids is 1. The van der Waals surface area contributed by atoms with Crippen LogP contribution in [0.3, 0.4) is 0 Å². The molecule has 4 heterocycles. The lowest BCUT2D eigenvalue weighted by Gasteiger charge is -2.49. The van der Waals surface area contributed by atoms with E-state index in [1.54, 1.807) is 7.05 Å². The van der Waals surface area contributed by atoms with Crippen molar-refractivity contribution in [2.75, 3.05) is 11.5 Å². The van der Waals surface area contributed by atoms with Crippen LogP contribution in [0.15, 0.2) is 41.0 Å². The van der Waals surface area contributed by atoms with E-state index in [2.05, 4.69) is 20.8 Å². The van der Waals surface area contributed by atoms with Gasteiger partial charge in [-0.3, -0.25) is 14.5 Å². The molecule has 11 nitrogen and oxygen atoms in total. The van der Waals surface area contributed by atoms with E-state index in [0.29, 0.717) is 28.7 Å². The Balaban J connectivity index is 1.47. The number of rotatable bonds is 9. The van der Waals surface area contributed by atoms with E-state index in [1.165, 1.54) is 33.1 Å². The second-order valence-electron chi connectivity index (χ2n) is 7.46. The van der Waals surface area contributed by atoms with Crippen LogP contribution in [0.2, 0.25) is 0 Å². The van der Waals surface area contributed by atoms with Gasteiger partial charge in [0.05, 0.1) is 0 Å². The van der Waals surface area contributed by atoms with Crippen LogP contribution in [0, 0.1) is 0 Å². The summed E-state index contributed by atoms with van der Waals surface area (Å²) in [4.78, 5) is 39.1. The highest BCUT2D eigenvalue weighted by atomic mass is 32.2. The fourth-order valence-corrected chi connectivity index (χ4v) is 6.12. The van der Waals surface area contributed by atoms with E-state index in [1.807, 2.05) is 36.0 Å². The van der Waals surface area contributed by atoms with Gasteiger partial charge in [0.25, 0.3) is 5.91 Å². The summed E-state index contributed by atoms with van der Waals surface area (Å²) in [5.41, 5.74) is 0.614. The Morgan fingerprint density at radius 2 is 2.12 bits per heavy atom. The molecule has 0 aromatic carbocycles. The van der Waals surface area contributed by atoms with Crippen molar-refractivity contribution < 1.29 is 19.5 Å². The first kappa shape index (κ1) is 22.4. The van der Waals surface area contributed by atoms with Crippen LogP contribution in [-0.4, -0.2) is 75.5 Å². The monoisotopic (exact) mass is 477 g/mol. The Labute approximate surface area is 192 Å². The third kappa shape index (κ3) is 4.13. The number of hydrogen-bond donors (Lipinski definition) is 2. The van der Waals surface area contributed by atoms with Crippen LogP contribution >= 0.6 is 23.5 Å². The van der Waals surface area contributed by atoms with Gasteiger partial charge in [0, 0.05) is 30.9 Å². The molecule has 0 bridgehead atoms. The van der Waals surface area contributed by atoms with Crippen molar-refractivity contribution in [1.82, 2.24) is 35.0 Å². The predicted octanol–water partition coefficient (Wildman–Crippen LogP) is 0.884. The number of amides is 2. The SMILES string of the molecule is CCCC(C(=O)NC1C(=O)N2C(C(=O)O)=C(CSc3nnnn3C)CSC12)n1cccc1. The number of fused-ring (bicyclic) bond motifs is 1. The molecule has 0 radical (unpaired) electrons. The topological polar surface area (TPSA) is 135 Å². The Hall–Kier alpha value is -2.80. The van der Waals surface area contributed by atoms with E-state index >= 15 is 0 Å². The zero-order chi connectivity index (χ0) is 22.8. The number of hydrogen-bond acceptors (Lipinski definition) is 8. The third-order valence-electron chi connectivity index (χ3n) is 5.36. The number of carbonyl (C=O) groups excluding carboxylic acids is 2. The second kappa shape index (κ2) is 9.36. The van der Waals surface area contributed by atoms with Crippen molar-refractivity contribution in [2.45, 2.75) is 42.4 Å². The Morgan fingerprint density at radius 1 is 1.38 bits per heavy atom. The lowest BCUT2D eigenvalue weighted by Crippen LogP contribution is -2.71. The molecule has 2 aliphatic rings. The highest BCUT2D eigenvalue weighted by Crippen LogP contribution is 2.41. The standard InChI is InChI=1S/C19H23N7O4S2/c1-3-6-12(25-7-4-5-8-25)15(27)20-13-16(28)26-14(18(29)30)11(9-31-17(13)26)10-32-19-21-22-23-24(19)2/h4-5,7-8,12-13,17H,3,6,9-10H2,1-2H3,(H,20,27)(H,29,30). The van der Waals surface area contributed by atoms with Crippen LogP contribution < -0.4 is 5.32 Å². The summed E-state index contributed by atoms with van der Waals surface area (Å²) in [6.07, 6.45) is 5.10. The summed E-state index contributed by atoms with van der Waals surface area (Å²) < 4.78 is 3.33. The molecule has 0 aliphatic carbocycles. The van der Waals surface area contributed by atoms with Crippen molar-refractivity contribution in [3.8, 4) is 0 Å². The fraction of sp³-hybridized carbons (Fsp3) is 0.474. The molecule has 3 atom stereocenters. The van der Waals surface area contributed by atoms with Crippen LogP contribution in [-0.2, 0) is 21.4 Å². The Morgan fingerprint density at radius 3 is 2.75 bits per heavy atom. The van der Waals surface area contributed by atoms with E-state index < -0.39 is 29.3 Å². The van der Waals surface area contributed by atoms with E-state index in [-0.39, 0.29) is 11.6 Å². The van der Waals surface area contributed by atoms with Gasteiger partial charge in [-0.1, -0.05) is 25.1 Å². The van der Waals surface area contributed by atoms with Crippen LogP contribution in [0.1, 0.15) is 25.8 Å². The zero-order valence-corrected chi connectivity index (χ0v) is 19.2. The molecule has 2 aromatic heterocycles.